The highest BCUT2D eigenvalue weighted by Crippen LogP contribution is 2.22. The molecule has 1 aromatic rings. The van der Waals surface area contributed by atoms with E-state index in [1.165, 1.54) is 11.8 Å². The fourth-order valence-corrected chi connectivity index (χ4v) is 3.04. The molecule has 2 amide bonds. The summed E-state index contributed by atoms with van der Waals surface area (Å²) in [6.45, 7) is 2.58. The van der Waals surface area contributed by atoms with Crippen LogP contribution in [0.3, 0.4) is 0 Å². The molecule has 0 aliphatic carbocycles. The Kier molecular flexibility index (Phi) is 10.7. The highest BCUT2D eigenvalue weighted by Gasteiger charge is 2.24. The van der Waals surface area contributed by atoms with Gasteiger partial charge in [0.05, 0.1) is 21.5 Å². The standard InChI is InChI=1S/C18H26N4O6S/c1-3-4-5-6-8-19-18(24)16(7-9-29-2)20-17(23)13-10-14(21(25)26)12-15(11-13)22(27)28/h10-12,16H,3-9H2,1-2H3,(H,19,24)(H,20,23)/t16-/m0/s1. The molecule has 0 bridgehead atoms. The molecule has 10 nitrogen and oxygen atoms in total. The van der Waals surface area contributed by atoms with Gasteiger partial charge in [-0.3, -0.25) is 29.8 Å². The zero-order chi connectivity index (χ0) is 21.8. The molecule has 160 valence electrons. The minimum Gasteiger partial charge on any atom is -0.354 e. The number of nitrogens with zero attached hydrogens (tertiary/aromatic N) is 2. The maximum atomic E-state index is 12.5. The summed E-state index contributed by atoms with van der Waals surface area (Å²) in [6, 6.07) is 1.86. The lowest BCUT2D eigenvalue weighted by Crippen LogP contribution is -2.47. The zero-order valence-electron chi connectivity index (χ0n) is 16.5. The molecule has 0 saturated carbocycles. The number of nitro benzene ring substituents is 2. The van der Waals surface area contributed by atoms with Crippen LogP contribution in [0.4, 0.5) is 11.4 Å². The summed E-state index contributed by atoms with van der Waals surface area (Å²) in [4.78, 5) is 45.4. The number of nitro groups is 2. The van der Waals surface area contributed by atoms with Crippen LogP contribution in [0.2, 0.25) is 0 Å². The van der Waals surface area contributed by atoms with Crippen LogP contribution in [-0.2, 0) is 4.79 Å². The van der Waals surface area contributed by atoms with Crippen LogP contribution in [0, 0.1) is 20.2 Å². The number of carbonyl (C=O) groups excluding carboxylic acids is 2. The van der Waals surface area contributed by atoms with Gasteiger partial charge in [-0.2, -0.15) is 11.8 Å². The van der Waals surface area contributed by atoms with Gasteiger partial charge in [-0.05, 0) is 24.9 Å². The first-order valence-corrected chi connectivity index (χ1v) is 10.7. The second-order valence-electron chi connectivity index (χ2n) is 6.41. The Hall–Kier alpha value is -2.69. The summed E-state index contributed by atoms with van der Waals surface area (Å²) < 4.78 is 0. The second kappa shape index (κ2) is 12.7. The summed E-state index contributed by atoms with van der Waals surface area (Å²) in [7, 11) is 0. The third-order valence-electron chi connectivity index (χ3n) is 4.15. The van der Waals surface area contributed by atoms with Crippen LogP contribution in [0.25, 0.3) is 0 Å². The molecule has 1 aromatic carbocycles. The van der Waals surface area contributed by atoms with Crippen molar-refractivity contribution in [3.63, 3.8) is 0 Å². The molecule has 0 aromatic heterocycles. The van der Waals surface area contributed by atoms with Gasteiger partial charge >= 0.3 is 0 Å². The molecule has 2 N–H and O–H groups in total. The number of rotatable bonds is 13. The molecular formula is C18H26N4O6S. The topological polar surface area (TPSA) is 144 Å². The van der Waals surface area contributed by atoms with Crippen molar-refractivity contribution in [3.05, 3.63) is 44.0 Å². The van der Waals surface area contributed by atoms with E-state index in [4.69, 9.17) is 0 Å². The van der Waals surface area contributed by atoms with Crippen molar-refractivity contribution < 1.29 is 19.4 Å². The van der Waals surface area contributed by atoms with Crippen molar-refractivity contribution in [1.82, 2.24) is 10.6 Å². The number of non-ortho nitro benzene ring substituents is 2. The lowest BCUT2D eigenvalue weighted by molar-refractivity contribution is -0.394. The molecule has 1 atom stereocenters. The number of carbonyl (C=O) groups is 2. The lowest BCUT2D eigenvalue weighted by Gasteiger charge is -2.18. The van der Waals surface area contributed by atoms with Gasteiger partial charge in [-0.25, -0.2) is 0 Å². The Morgan fingerprint density at radius 3 is 2.21 bits per heavy atom. The molecule has 0 heterocycles. The van der Waals surface area contributed by atoms with Gasteiger partial charge in [0.25, 0.3) is 17.3 Å². The Balaban J connectivity index is 2.90. The summed E-state index contributed by atoms with van der Waals surface area (Å²) >= 11 is 1.51. The summed E-state index contributed by atoms with van der Waals surface area (Å²) in [5.74, 6) is -0.503. The van der Waals surface area contributed by atoms with E-state index in [1.54, 1.807) is 0 Å². The van der Waals surface area contributed by atoms with Gasteiger partial charge in [0.15, 0.2) is 0 Å². The van der Waals surface area contributed by atoms with E-state index in [-0.39, 0.29) is 11.5 Å². The maximum absolute atomic E-state index is 12.5. The monoisotopic (exact) mass is 426 g/mol. The highest BCUT2D eigenvalue weighted by atomic mass is 32.2. The van der Waals surface area contributed by atoms with E-state index in [1.807, 2.05) is 6.26 Å². The molecule has 0 saturated heterocycles. The molecule has 0 aliphatic rings. The first kappa shape index (κ1) is 24.3. The SMILES string of the molecule is CCCCCCNC(=O)[C@H](CCSC)NC(=O)c1cc([N+](=O)[O-])cc([N+](=O)[O-])c1. The number of thioether (sulfide) groups is 1. The predicted octanol–water partition coefficient (Wildman–Crippen LogP) is 3.05. The first-order chi connectivity index (χ1) is 13.8. The number of unbranched alkanes of at least 4 members (excludes halogenated alkanes) is 3. The van der Waals surface area contributed by atoms with E-state index < -0.39 is 33.2 Å². The summed E-state index contributed by atoms with van der Waals surface area (Å²) in [5.41, 5.74) is -1.37. The molecule has 11 heteroatoms. The van der Waals surface area contributed by atoms with Crippen molar-refractivity contribution in [3.8, 4) is 0 Å². The van der Waals surface area contributed by atoms with Crippen LogP contribution in [0.15, 0.2) is 18.2 Å². The molecule has 0 unspecified atom stereocenters. The number of hydrogen-bond acceptors (Lipinski definition) is 7. The second-order valence-corrected chi connectivity index (χ2v) is 7.40. The van der Waals surface area contributed by atoms with Crippen molar-refractivity contribution in [2.45, 2.75) is 45.1 Å². The maximum Gasteiger partial charge on any atom is 0.277 e. The Morgan fingerprint density at radius 2 is 1.69 bits per heavy atom. The largest absolute Gasteiger partial charge is 0.354 e. The van der Waals surface area contributed by atoms with Gasteiger partial charge in [0, 0.05) is 18.7 Å². The normalized spacial score (nSPS) is 11.5. The van der Waals surface area contributed by atoms with Crippen molar-refractivity contribution >= 4 is 35.0 Å². The average Bonchev–Trinajstić information content (AvgIpc) is 2.70. The minimum absolute atomic E-state index is 0.240. The Bertz CT molecular complexity index is 711. The molecule has 0 radical (unpaired) electrons. The third kappa shape index (κ3) is 8.46. The smallest absolute Gasteiger partial charge is 0.277 e. The first-order valence-electron chi connectivity index (χ1n) is 9.31. The number of benzene rings is 1. The van der Waals surface area contributed by atoms with Crippen molar-refractivity contribution in [2.75, 3.05) is 18.6 Å². The minimum atomic E-state index is -0.834. The van der Waals surface area contributed by atoms with E-state index in [9.17, 15) is 29.8 Å². The van der Waals surface area contributed by atoms with Crippen LogP contribution in [0.5, 0.6) is 0 Å². The summed E-state index contributed by atoms with van der Waals surface area (Å²) in [6.07, 6.45) is 6.22. The van der Waals surface area contributed by atoms with Gasteiger partial charge < -0.3 is 10.6 Å². The molecule has 1 rings (SSSR count). The van der Waals surface area contributed by atoms with Gasteiger partial charge in [-0.15, -0.1) is 0 Å². The van der Waals surface area contributed by atoms with E-state index in [0.29, 0.717) is 18.7 Å². The van der Waals surface area contributed by atoms with Crippen molar-refractivity contribution in [2.24, 2.45) is 0 Å². The fourth-order valence-electron chi connectivity index (χ4n) is 2.57. The van der Waals surface area contributed by atoms with E-state index in [2.05, 4.69) is 17.6 Å². The molecule has 0 fully saturated rings. The van der Waals surface area contributed by atoms with Gasteiger partial charge in [0.1, 0.15) is 6.04 Å². The average molecular weight is 426 g/mol. The van der Waals surface area contributed by atoms with Gasteiger partial charge in [-0.1, -0.05) is 26.2 Å². The van der Waals surface area contributed by atoms with Gasteiger partial charge in [0.2, 0.25) is 5.91 Å². The molecule has 0 aliphatic heterocycles. The number of amides is 2. The van der Waals surface area contributed by atoms with E-state index >= 15 is 0 Å². The number of hydrogen-bond donors (Lipinski definition) is 2. The predicted molar refractivity (Wildman–Crippen MR) is 111 cm³/mol. The Morgan fingerprint density at radius 1 is 1.07 bits per heavy atom. The van der Waals surface area contributed by atoms with Crippen LogP contribution >= 0.6 is 11.8 Å². The van der Waals surface area contributed by atoms with E-state index in [0.717, 1.165) is 43.9 Å². The zero-order valence-corrected chi connectivity index (χ0v) is 17.3. The lowest BCUT2D eigenvalue weighted by atomic mass is 10.1. The quantitative estimate of drug-likeness (QED) is 0.280. The third-order valence-corrected chi connectivity index (χ3v) is 4.79. The summed E-state index contributed by atoms with van der Waals surface area (Å²) in [5, 5.41) is 27.3. The molecule has 0 spiro atoms. The van der Waals surface area contributed by atoms with Crippen LogP contribution in [-0.4, -0.2) is 46.3 Å². The fraction of sp³-hybridized carbons (Fsp3) is 0.556. The molecule has 29 heavy (non-hydrogen) atoms. The van der Waals surface area contributed by atoms with Crippen LogP contribution in [0.1, 0.15) is 49.4 Å². The van der Waals surface area contributed by atoms with Crippen LogP contribution < -0.4 is 10.6 Å². The van der Waals surface area contributed by atoms with Crippen molar-refractivity contribution in [1.29, 1.82) is 0 Å². The highest BCUT2D eigenvalue weighted by molar-refractivity contribution is 7.98. The molecular weight excluding hydrogens is 400 g/mol. The Labute approximate surface area is 173 Å². The number of nitrogens with one attached hydrogen (secondary N) is 2.